The van der Waals surface area contributed by atoms with E-state index in [1.807, 2.05) is 61.5 Å². The molecular formula is C21H26N3O3+. The Kier molecular flexibility index (Phi) is 6.44. The Balaban J connectivity index is 1.50. The van der Waals surface area contributed by atoms with Crippen LogP contribution in [0.2, 0.25) is 0 Å². The number of hydrogen-bond acceptors (Lipinski definition) is 3. The minimum atomic E-state index is -0.217. The Morgan fingerprint density at radius 1 is 1.04 bits per heavy atom. The average molecular weight is 368 g/mol. The van der Waals surface area contributed by atoms with E-state index in [1.54, 1.807) is 4.90 Å². The Bertz CT molecular complexity index is 754. The van der Waals surface area contributed by atoms with E-state index >= 15 is 0 Å². The molecule has 2 aromatic carbocycles. The topological polar surface area (TPSA) is 63.1 Å². The smallest absolute Gasteiger partial charge is 0.410 e. The van der Waals surface area contributed by atoms with Crippen LogP contribution in [0, 0.1) is 0 Å². The molecule has 27 heavy (non-hydrogen) atoms. The van der Waals surface area contributed by atoms with Crippen LogP contribution in [0.15, 0.2) is 54.6 Å². The third-order valence-corrected chi connectivity index (χ3v) is 4.70. The summed E-state index contributed by atoms with van der Waals surface area (Å²) in [5, 5.41) is 2.89. The molecule has 0 unspecified atom stereocenters. The van der Waals surface area contributed by atoms with Crippen molar-refractivity contribution in [2.45, 2.75) is 13.5 Å². The predicted molar refractivity (Wildman–Crippen MR) is 104 cm³/mol. The zero-order valence-corrected chi connectivity index (χ0v) is 15.6. The Morgan fingerprint density at radius 3 is 2.33 bits per heavy atom. The van der Waals surface area contributed by atoms with Crippen LogP contribution in [0.3, 0.4) is 0 Å². The van der Waals surface area contributed by atoms with Gasteiger partial charge in [0, 0.05) is 16.8 Å². The molecule has 0 bridgehead atoms. The zero-order valence-electron chi connectivity index (χ0n) is 15.6. The molecule has 0 radical (unpaired) electrons. The van der Waals surface area contributed by atoms with Gasteiger partial charge in [-0.15, -0.1) is 0 Å². The molecule has 1 heterocycles. The number of benzene rings is 2. The summed E-state index contributed by atoms with van der Waals surface area (Å²) < 4.78 is 5.05. The summed E-state index contributed by atoms with van der Waals surface area (Å²) in [6, 6.07) is 17.2. The molecule has 0 atom stereocenters. The van der Waals surface area contributed by atoms with Gasteiger partial charge in [-0.1, -0.05) is 30.3 Å². The summed E-state index contributed by atoms with van der Waals surface area (Å²) in [4.78, 5) is 27.3. The van der Waals surface area contributed by atoms with E-state index in [-0.39, 0.29) is 12.0 Å². The van der Waals surface area contributed by atoms with Crippen molar-refractivity contribution in [2.75, 3.05) is 38.1 Å². The number of quaternary nitrogens is 1. The monoisotopic (exact) mass is 368 g/mol. The van der Waals surface area contributed by atoms with Gasteiger partial charge in [-0.3, -0.25) is 9.69 Å². The molecule has 3 rings (SSSR count). The first-order valence-corrected chi connectivity index (χ1v) is 9.36. The Labute approximate surface area is 159 Å². The van der Waals surface area contributed by atoms with Crippen LogP contribution in [-0.4, -0.2) is 49.7 Å². The largest absolute Gasteiger partial charge is 0.450 e. The van der Waals surface area contributed by atoms with Gasteiger partial charge >= 0.3 is 6.09 Å². The lowest BCUT2D eigenvalue weighted by molar-refractivity contribution is -0.917. The molecule has 2 amide bonds. The maximum Gasteiger partial charge on any atom is 0.410 e. The standard InChI is InChI=1S/C21H25N3O3/c1-2-27-21(26)24-14-12-23(13-15-24)16-17-8-10-18(11-9-17)20(25)22-19-6-4-3-5-7-19/h3-11H,2,12-16H2,1H3,(H,22,25)/p+1. The molecule has 0 saturated carbocycles. The Morgan fingerprint density at radius 2 is 1.70 bits per heavy atom. The Hall–Kier alpha value is -2.86. The lowest BCUT2D eigenvalue weighted by Gasteiger charge is -2.31. The van der Waals surface area contributed by atoms with Crippen LogP contribution in [0.1, 0.15) is 22.8 Å². The van der Waals surface area contributed by atoms with Gasteiger partial charge in [0.1, 0.15) is 6.54 Å². The fraction of sp³-hybridized carbons (Fsp3) is 0.333. The van der Waals surface area contributed by atoms with Crippen molar-refractivity contribution in [3.63, 3.8) is 0 Å². The molecule has 0 aliphatic carbocycles. The van der Waals surface area contributed by atoms with Crippen LogP contribution in [0.4, 0.5) is 10.5 Å². The SMILES string of the molecule is CCOC(=O)N1CC[NH+](Cc2ccc(C(=O)Nc3ccccc3)cc2)CC1. The number of hydrogen-bond donors (Lipinski definition) is 2. The summed E-state index contributed by atoms with van der Waals surface area (Å²) in [5.74, 6) is -0.108. The molecule has 6 nitrogen and oxygen atoms in total. The van der Waals surface area contributed by atoms with Crippen LogP contribution in [0.5, 0.6) is 0 Å². The minimum Gasteiger partial charge on any atom is -0.450 e. The van der Waals surface area contributed by atoms with Crippen molar-refractivity contribution >= 4 is 17.7 Å². The molecule has 0 spiro atoms. The van der Waals surface area contributed by atoms with E-state index in [0.717, 1.165) is 25.3 Å². The number of carbonyl (C=O) groups is 2. The zero-order chi connectivity index (χ0) is 19.1. The first-order valence-electron chi connectivity index (χ1n) is 9.36. The van der Waals surface area contributed by atoms with E-state index in [4.69, 9.17) is 4.74 Å². The molecule has 0 aromatic heterocycles. The van der Waals surface area contributed by atoms with Gasteiger partial charge in [0.05, 0.1) is 32.8 Å². The fourth-order valence-electron chi connectivity index (χ4n) is 3.18. The summed E-state index contributed by atoms with van der Waals surface area (Å²) in [6.45, 7) is 6.35. The molecule has 2 N–H and O–H groups in total. The second-order valence-corrected chi connectivity index (χ2v) is 6.63. The maximum atomic E-state index is 12.3. The van der Waals surface area contributed by atoms with E-state index in [0.29, 0.717) is 25.3 Å². The van der Waals surface area contributed by atoms with Crippen molar-refractivity contribution in [1.29, 1.82) is 0 Å². The summed E-state index contributed by atoms with van der Waals surface area (Å²) in [5.41, 5.74) is 2.62. The molecule has 1 aliphatic heterocycles. The highest BCUT2D eigenvalue weighted by molar-refractivity contribution is 6.04. The van der Waals surface area contributed by atoms with Crippen LogP contribution in [-0.2, 0) is 11.3 Å². The first-order chi connectivity index (χ1) is 13.2. The number of rotatable bonds is 5. The molecule has 2 aromatic rings. The van der Waals surface area contributed by atoms with Gasteiger partial charge < -0.3 is 15.0 Å². The summed E-state index contributed by atoms with van der Waals surface area (Å²) in [7, 11) is 0. The molecule has 1 fully saturated rings. The molecule has 1 aliphatic rings. The molecule has 6 heteroatoms. The van der Waals surface area contributed by atoms with Crippen molar-refractivity contribution in [3.8, 4) is 0 Å². The number of amides is 2. The van der Waals surface area contributed by atoms with E-state index < -0.39 is 0 Å². The van der Waals surface area contributed by atoms with Crippen LogP contribution >= 0.6 is 0 Å². The van der Waals surface area contributed by atoms with E-state index in [9.17, 15) is 9.59 Å². The third-order valence-electron chi connectivity index (χ3n) is 4.70. The lowest BCUT2D eigenvalue weighted by atomic mass is 10.1. The van der Waals surface area contributed by atoms with Gasteiger partial charge in [0.2, 0.25) is 0 Å². The average Bonchev–Trinajstić information content (AvgIpc) is 2.70. The number of nitrogens with one attached hydrogen (secondary N) is 2. The highest BCUT2D eigenvalue weighted by Gasteiger charge is 2.24. The summed E-state index contributed by atoms with van der Waals surface area (Å²) in [6.07, 6.45) is -0.217. The number of para-hydroxylation sites is 1. The van der Waals surface area contributed by atoms with Crippen molar-refractivity contribution in [3.05, 3.63) is 65.7 Å². The van der Waals surface area contributed by atoms with Gasteiger partial charge in [0.25, 0.3) is 5.91 Å². The minimum absolute atomic E-state index is 0.108. The first kappa shape index (κ1) is 18.9. The molecular weight excluding hydrogens is 342 g/mol. The molecule has 142 valence electrons. The van der Waals surface area contributed by atoms with Crippen LogP contribution in [0.25, 0.3) is 0 Å². The van der Waals surface area contributed by atoms with Gasteiger partial charge in [-0.25, -0.2) is 4.79 Å². The number of piperazine rings is 1. The fourth-order valence-corrected chi connectivity index (χ4v) is 3.18. The normalized spacial score (nSPS) is 14.6. The number of nitrogens with zero attached hydrogens (tertiary/aromatic N) is 1. The predicted octanol–water partition coefficient (Wildman–Crippen LogP) is 1.80. The van der Waals surface area contributed by atoms with Crippen molar-refractivity contribution < 1.29 is 19.2 Å². The highest BCUT2D eigenvalue weighted by atomic mass is 16.6. The quantitative estimate of drug-likeness (QED) is 0.846. The summed E-state index contributed by atoms with van der Waals surface area (Å²) >= 11 is 0. The van der Waals surface area contributed by atoms with Gasteiger partial charge in [-0.05, 0) is 31.2 Å². The second-order valence-electron chi connectivity index (χ2n) is 6.63. The number of ether oxygens (including phenoxy) is 1. The third kappa shape index (κ3) is 5.31. The lowest BCUT2D eigenvalue weighted by Crippen LogP contribution is -3.13. The molecule has 1 saturated heterocycles. The second kappa shape index (κ2) is 9.19. The van der Waals surface area contributed by atoms with E-state index in [1.165, 1.54) is 10.5 Å². The highest BCUT2D eigenvalue weighted by Crippen LogP contribution is 2.10. The van der Waals surface area contributed by atoms with Crippen molar-refractivity contribution in [1.82, 2.24) is 4.90 Å². The van der Waals surface area contributed by atoms with Crippen LogP contribution < -0.4 is 10.2 Å². The maximum absolute atomic E-state index is 12.3. The van der Waals surface area contributed by atoms with Gasteiger partial charge in [-0.2, -0.15) is 0 Å². The van der Waals surface area contributed by atoms with Gasteiger partial charge in [0.15, 0.2) is 0 Å². The number of carbonyl (C=O) groups excluding carboxylic acids is 2. The van der Waals surface area contributed by atoms with Crippen molar-refractivity contribution in [2.24, 2.45) is 0 Å². The van der Waals surface area contributed by atoms with E-state index in [2.05, 4.69) is 5.32 Å². The number of anilines is 1.